The molecular weight excluding hydrogens is 290 g/mol. The van der Waals surface area contributed by atoms with Crippen molar-refractivity contribution in [3.8, 4) is 22.3 Å². The van der Waals surface area contributed by atoms with Crippen LogP contribution >= 0.6 is 0 Å². The van der Waals surface area contributed by atoms with Crippen LogP contribution in [0.5, 0.6) is 0 Å². The fraction of sp³-hybridized carbons (Fsp3) is 0.217. The van der Waals surface area contributed by atoms with Gasteiger partial charge in [0.25, 0.3) is 0 Å². The van der Waals surface area contributed by atoms with Crippen molar-refractivity contribution >= 4 is 5.69 Å². The van der Waals surface area contributed by atoms with Crippen LogP contribution in [0.25, 0.3) is 22.3 Å². The highest BCUT2D eigenvalue weighted by Gasteiger charge is 2.42. The molecule has 0 saturated carbocycles. The van der Waals surface area contributed by atoms with Crippen molar-refractivity contribution in [1.82, 2.24) is 0 Å². The molecule has 1 aliphatic rings. The van der Waals surface area contributed by atoms with E-state index >= 15 is 0 Å². The highest BCUT2D eigenvalue weighted by molar-refractivity contribution is 5.93. The third kappa shape index (κ3) is 2.50. The Morgan fingerprint density at radius 2 is 1.08 bits per heavy atom. The van der Waals surface area contributed by atoms with Gasteiger partial charge in [0, 0.05) is 23.2 Å². The van der Waals surface area contributed by atoms with Gasteiger partial charge in [0.05, 0.1) is 5.69 Å². The second-order valence-corrected chi connectivity index (χ2v) is 6.83. The SMILES string of the molecule is Cc1cc(-c2ccccc2)c(N2C(C)C2C)c(-c2ccccc2)c1. The first-order chi connectivity index (χ1) is 11.7. The lowest BCUT2D eigenvalue weighted by molar-refractivity contribution is 1.05. The zero-order chi connectivity index (χ0) is 16.7. The van der Waals surface area contributed by atoms with Crippen LogP contribution in [0.1, 0.15) is 19.4 Å². The summed E-state index contributed by atoms with van der Waals surface area (Å²) in [4.78, 5) is 2.55. The molecule has 4 rings (SSSR count). The molecule has 0 radical (unpaired) electrons. The number of nitrogens with zero attached hydrogens (tertiary/aromatic N) is 1. The normalized spacial score (nSPS) is 19.4. The quantitative estimate of drug-likeness (QED) is 0.542. The summed E-state index contributed by atoms with van der Waals surface area (Å²) in [6, 6.07) is 27.4. The Balaban J connectivity index is 1.99. The predicted octanol–water partition coefficient (Wildman–Crippen LogP) is 5.93. The second kappa shape index (κ2) is 5.83. The summed E-state index contributed by atoms with van der Waals surface area (Å²) in [6.45, 7) is 6.82. The van der Waals surface area contributed by atoms with Gasteiger partial charge in [0.1, 0.15) is 0 Å². The van der Waals surface area contributed by atoms with Gasteiger partial charge in [-0.2, -0.15) is 0 Å². The largest absolute Gasteiger partial charge is 0.361 e. The molecule has 1 aliphatic heterocycles. The first kappa shape index (κ1) is 15.0. The van der Waals surface area contributed by atoms with Crippen LogP contribution in [0, 0.1) is 6.92 Å². The summed E-state index contributed by atoms with van der Waals surface area (Å²) in [6.07, 6.45) is 0. The Morgan fingerprint density at radius 3 is 1.46 bits per heavy atom. The number of rotatable bonds is 3. The van der Waals surface area contributed by atoms with E-state index in [9.17, 15) is 0 Å². The van der Waals surface area contributed by atoms with Crippen LogP contribution < -0.4 is 4.90 Å². The molecule has 2 unspecified atom stereocenters. The summed E-state index contributed by atoms with van der Waals surface area (Å²) in [5.41, 5.74) is 7.94. The summed E-state index contributed by atoms with van der Waals surface area (Å²) in [5, 5.41) is 0. The van der Waals surface area contributed by atoms with Crippen LogP contribution in [-0.4, -0.2) is 12.1 Å². The van der Waals surface area contributed by atoms with Crippen molar-refractivity contribution in [2.45, 2.75) is 32.9 Å². The van der Waals surface area contributed by atoms with Crippen LogP contribution in [-0.2, 0) is 0 Å². The Hall–Kier alpha value is -2.54. The minimum Gasteiger partial charge on any atom is -0.361 e. The lowest BCUT2D eigenvalue weighted by Gasteiger charge is -2.19. The molecule has 0 spiro atoms. The van der Waals surface area contributed by atoms with Gasteiger partial charge >= 0.3 is 0 Å². The average Bonchev–Trinajstić information content (AvgIpc) is 3.21. The Kier molecular flexibility index (Phi) is 3.65. The van der Waals surface area contributed by atoms with Gasteiger partial charge < -0.3 is 4.90 Å². The van der Waals surface area contributed by atoms with E-state index in [1.165, 1.54) is 33.5 Å². The maximum Gasteiger partial charge on any atom is 0.0532 e. The van der Waals surface area contributed by atoms with E-state index in [4.69, 9.17) is 0 Å². The molecule has 120 valence electrons. The summed E-state index contributed by atoms with van der Waals surface area (Å²) in [5.74, 6) is 0. The van der Waals surface area contributed by atoms with E-state index in [1.807, 2.05) is 0 Å². The molecule has 3 aromatic carbocycles. The van der Waals surface area contributed by atoms with Crippen molar-refractivity contribution < 1.29 is 0 Å². The van der Waals surface area contributed by atoms with Gasteiger partial charge in [0.15, 0.2) is 0 Å². The standard InChI is InChI=1S/C23H23N/c1-16-14-21(19-10-6-4-7-11-19)23(24-17(2)18(24)3)22(15-16)20-12-8-5-9-13-20/h4-15,17-18H,1-3H3. The molecule has 2 atom stereocenters. The van der Waals surface area contributed by atoms with Gasteiger partial charge in [-0.25, -0.2) is 0 Å². The van der Waals surface area contributed by atoms with Gasteiger partial charge in [-0.15, -0.1) is 0 Å². The smallest absolute Gasteiger partial charge is 0.0532 e. The van der Waals surface area contributed by atoms with E-state index in [-0.39, 0.29) is 0 Å². The molecular formula is C23H23N. The molecule has 3 aromatic rings. The fourth-order valence-corrected chi connectivity index (χ4v) is 3.64. The fourth-order valence-electron chi connectivity index (χ4n) is 3.64. The Labute approximate surface area is 144 Å². The molecule has 1 heterocycles. The summed E-state index contributed by atoms with van der Waals surface area (Å²) < 4.78 is 0. The molecule has 1 fully saturated rings. The van der Waals surface area contributed by atoms with E-state index in [2.05, 4.69) is 98.5 Å². The molecule has 0 bridgehead atoms. The van der Waals surface area contributed by atoms with Gasteiger partial charge in [-0.3, -0.25) is 0 Å². The maximum absolute atomic E-state index is 2.55. The van der Waals surface area contributed by atoms with Crippen molar-refractivity contribution in [2.24, 2.45) is 0 Å². The van der Waals surface area contributed by atoms with Gasteiger partial charge in [-0.05, 0) is 49.6 Å². The molecule has 24 heavy (non-hydrogen) atoms. The van der Waals surface area contributed by atoms with Gasteiger partial charge in [-0.1, -0.05) is 60.7 Å². The van der Waals surface area contributed by atoms with E-state index in [0.717, 1.165) is 0 Å². The Morgan fingerprint density at radius 1 is 0.667 bits per heavy atom. The minimum absolute atomic E-state index is 0.595. The zero-order valence-corrected chi connectivity index (χ0v) is 14.5. The molecule has 0 N–H and O–H groups in total. The predicted molar refractivity (Wildman–Crippen MR) is 103 cm³/mol. The van der Waals surface area contributed by atoms with Crippen molar-refractivity contribution in [3.63, 3.8) is 0 Å². The van der Waals surface area contributed by atoms with Gasteiger partial charge in [0.2, 0.25) is 0 Å². The third-order valence-electron chi connectivity index (χ3n) is 5.17. The molecule has 1 heteroatoms. The van der Waals surface area contributed by atoms with Crippen LogP contribution in [0.2, 0.25) is 0 Å². The van der Waals surface area contributed by atoms with Crippen molar-refractivity contribution in [3.05, 3.63) is 78.4 Å². The number of aryl methyl sites for hydroxylation is 1. The maximum atomic E-state index is 2.55. The first-order valence-corrected chi connectivity index (χ1v) is 8.70. The van der Waals surface area contributed by atoms with E-state index in [0.29, 0.717) is 12.1 Å². The van der Waals surface area contributed by atoms with Crippen LogP contribution in [0.3, 0.4) is 0 Å². The molecule has 0 amide bonds. The van der Waals surface area contributed by atoms with Crippen molar-refractivity contribution in [2.75, 3.05) is 4.90 Å². The third-order valence-corrected chi connectivity index (χ3v) is 5.17. The second-order valence-electron chi connectivity index (χ2n) is 6.83. The number of benzene rings is 3. The average molecular weight is 313 g/mol. The molecule has 1 saturated heterocycles. The summed E-state index contributed by atoms with van der Waals surface area (Å²) in [7, 11) is 0. The molecule has 0 aliphatic carbocycles. The topological polar surface area (TPSA) is 3.01 Å². The summed E-state index contributed by atoms with van der Waals surface area (Å²) >= 11 is 0. The highest BCUT2D eigenvalue weighted by atomic mass is 15.3. The Bertz CT molecular complexity index is 783. The van der Waals surface area contributed by atoms with Crippen LogP contribution in [0.15, 0.2) is 72.8 Å². The monoisotopic (exact) mass is 313 g/mol. The minimum atomic E-state index is 0.595. The first-order valence-electron chi connectivity index (χ1n) is 8.70. The lowest BCUT2D eigenvalue weighted by atomic mass is 9.93. The van der Waals surface area contributed by atoms with Crippen molar-refractivity contribution in [1.29, 1.82) is 0 Å². The lowest BCUT2D eigenvalue weighted by Crippen LogP contribution is -2.03. The van der Waals surface area contributed by atoms with Crippen LogP contribution in [0.4, 0.5) is 5.69 Å². The number of anilines is 1. The van der Waals surface area contributed by atoms with E-state index < -0.39 is 0 Å². The zero-order valence-electron chi connectivity index (χ0n) is 14.5. The molecule has 0 aromatic heterocycles. The number of hydrogen-bond acceptors (Lipinski definition) is 1. The number of hydrogen-bond donors (Lipinski definition) is 0. The highest BCUT2D eigenvalue weighted by Crippen LogP contribution is 2.47. The molecule has 1 nitrogen and oxygen atoms in total. The van der Waals surface area contributed by atoms with E-state index in [1.54, 1.807) is 0 Å².